The highest BCUT2D eigenvalue weighted by atomic mass is 127. The molecular weight excluding hydrogens is 477 g/mol. The Kier molecular flexibility index (Phi) is 19.5. The van der Waals surface area contributed by atoms with E-state index >= 15 is 0 Å². The third-order valence-corrected chi connectivity index (χ3v) is 5.67. The standard InChI is InChI=1S/C28H46N.HI/c1-4-6-8-10-12-13-14-15-17-22-26-29(3,25-21-16-11-9-7-5-2)27-28-23-19-18-20-24-28;/h5,7,9,11,16,18-21,23-24H,4,6,8,10,12-15,17,22,25-27H2,1-3H3;1H/q+1;/p-1/b7-5+,11-9+,21-16+;. The van der Waals surface area contributed by atoms with Gasteiger partial charge in [-0.3, -0.25) is 0 Å². The van der Waals surface area contributed by atoms with Crippen molar-refractivity contribution < 1.29 is 28.5 Å². The molecule has 170 valence electrons. The summed E-state index contributed by atoms with van der Waals surface area (Å²) in [5.41, 5.74) is 1.44. The van der Waals surface area contributed by atoms with Crippen LogP contribution in [-0.2, 0) is 6.54 Å². The minimum absolute atomic E-state index is 0. The van der Waals surface area contributed by atoms with Crippen molar-refractivity contribution in [3.05, 3.63) is 72.4 Å². The lowest BCUT2D eigenvalue weighted by molar-refractivity contribution is -0.917. The number of halogens is 1. The number of nitrogens with zero attached hydrogens (tertiary/aromatic N) is 1. The number of hydrogen-bond acceptors (Lipinski definition) is 0. The summed E-state index contributed by atoms with van der Waals surface area (Å²) in [6.45, 7) is 7.80. The van der Waals surface area contributed by atoms with Crippen LogP contribution in [0.5, 0.6) is 0 Å². The molecule has 0 amide bonds. The van der Waals surface area contributed by atoms with Crippen molar-refractivity contribution in [2.45, 2.75) is 84.6 Å². The van der Waals surface area contributed by atoms with Gasteiger partial charge in [0.1, 0.15) is 6.54 Å². The van der Waals surface area contributed by atoms with E-state index in [0.717, 1.165) is 17.6 Å². The zero-order chi connectivity index (χ0) is 21.0. The minimum Gasteiger partial charge on any atom is -1.00 e. The van der Waals surface area contributed by atoms with Gasteiger partial charge in [-0.2, -0.15) is 0 Å². The van der Waals surface area contributed by atoms with Gasteiger partial charge in [0, 0.05) is 5.56 Å². The molecule has 0 aliphatic carbocycles. The van der Waals surface area contributed by atoms with Crippen LogP contribution in [0.1, 0.15) is 83.6 Å². The summed E-state index contributed by atoms with van der Waals surface area (Å²) >= 11 is 0. The molecule has 2 heteroatoms. The van der Waals surface area contributed by atoms with Crippen LogP contribution in [0.25, 0.3) is 0 Å². The van der Waals surface area contributed by atoms with Gasteiger partial charge < -0.3 is 28.5 Å². The molecule has 0 radical (unpaired) electrons. The number of allylic oxidation sites excluding steroid dienone is 5. The molecular formula is C28H46IN. The molecule has 1 aromatic carbocycles. The van der Waals surface area contributed by atoms with E-state index in [4.69, 9.17) is 0 Å². The molecule has 0 aliphatic rings. The molecule has 0 fully saturated rings. The monoisotopic (exact) mass is 523 g/mol. The molecule has 1 unspecified atom stereocenters. The summed E-state index contributed by atoms with van der Waals surface area (Å²) in [5, 5.41) is 0. The first-order valence-corrected chi connectivity index (χ1v) is 12.0. The molecule has 0 spiro atoms. The van der Waals surface area contributed by atoms with Crippen molar-refractivity contribution in [2.75, 3.05) is 20.1 Å². The van der Waals surface area contributed by atoms with Crippen molar-refractivity contribution in [3.63, 3.8) is 0 Å². The van der Waals surface area contributed by atoms with Crippen molar-refractivity contribution in [1.29, 1.82) is 0 Å². The summed E-state index contributed by atoms with van der Waals surface area (Å²) < 4.78 is 1.09. The van der Waals surface area contributed by atoms with Gasteiger partial charge in [-0.25, -0.2) is 0 Å². The minimum atomic E-state index is 0. The number of quaternary nitrogens is 1. The Labute approximate surface area is 205 Å². The molecule has 1 nitrogen and oxygen atoms in total. The second-order valence-corrected chi connectivity index (χ2v) is 8.69. The first kappa shape index (κ1) is 29.1. The van der Waals surface area contributed by atoms with Crippen LogP contribution in [-0.4, -0.2) is 24.6 Å². The van der Waals surface area contributed by atoms with E-state index in [0.29, 0.717) is 0 Å². The van der Waals surface area contributed by atoms with Crippen LogP contribution in [0.4, 0.5) is 0 Å². The Hall–Kier alpha value is -0.870. The average Bonchev–Trinajstić information content (AvgIpc) is 2.73. The van der Waals surface area contributed by atoms with Crippen LogP contribution in [0.2, 0.25) is 0 Å². The van der Waals surface area contributed by atoms with Gasteiger partial charge in [-0.1, -0.05) is 119 Å². The molecule has 1 atom stereocenters. The molecule has 0 saturated carbocycles. The largest absolute Gasteiger partial charge is 1.00 e. The van der Waals surface area contributed by atoms with E-state index < -0.39 is 0 Å². The Morgan fingerprint density at radius 1 is 0.733 bits per heavy atom. The molecule has 0 aromatic heterocycles. The number of rotatable bonds is 17. The van der Waals surface area contributed by atoms with Crippen molar-refractivity contribution in [3.8, 4) is 0 Å². The normalized spacial score (nSPS) is 13.8. The molecule has 0 heterocycles. The summed E-state index contributed by atoms with van der Waals surface area (Å²) in [5.74, 6) is 0. The quantitative estimate of drug-likeness (QED) is 0.113. The van der Waals surface area contributed by atoms with Gasteiger partial charge in [0.15, 0.2) is 0 Å². The second kappa shape index (κ2) is 20.1. The SMILES string of the molecule is C/C=C/C=C/C=C/C[N+](C)(CCCCCCCCCCCC)Cc1ccccc1.[I-]. The van der Waals surface area contributed by atoms with E-state index in [1.807, 2.05) is 6.92 Å². The molecule has 1 rings (SSSR count). The lowest BCUT2D eigenvalue weighted by atomic mass is 10.1. The fourth-order valence-corrected chi connectivity index (χ4v) is 3.87. The maximum Gasteiger partial charge on any atom is 0.104 e. The van der Waals surface area contributed by atoms with Gasteiger partial charge in [-0.05, 0) is 25.8 Å². The maximum absolute atomic E-state index is 2.42. The first-order chi connectivity index (χ1) is 14.2. The second-order valence-electron chi connectivity index (χ2n) is 8.69. The Morgan fingerprint density at radius 2 is 1.30 bits per heavy atom. The number of unbranched alkanes of at least 4 members (excludes halogenated alkanes) is 9. The van der Waals surface area contributed by atoms with Gasteiger partial charge in [0.05, 0.1) is 20.1 Å². The molecule has 1 aromatic rings. The third-order valence-electron chi connectivity index (χ3n) is 5.67. The lowest BCUT2D eigenvalue weighted by Crippen LogP contribution is -3.00. The van der Waals surface area contributed by atoms with E-state index in [2.05, 4.69) is 80.8 Å². The van der Waals surface area contributed by atoms with Crippen LogP contribution in [0.15, 0.2) is 66.8 Å². The molecule has 0 saturated heterocycles. The topological polar surface area (TPSA) is 0 Å². The Balaban J connectivity index is 0.00000841. The Morgan fingerprint density at radius 3 is 1.90 bits per heavy atom. The molecule has 0 N–H and O–H groups in total. The van der Waals surface area contributed by atoms with Crippen molar-refractivity contribution >= 4 is 0 Å². The highest BCUT2D eigenvalue weighted by Gasteiger charge is 2.20. The number of likely N-dealkylation sites (N-methyl/N-ethyl adjacent to an activating group) is 1. The highest BCUT2D eigenvalue weighted by Crippen LogP contribution is 2.16. The van der Waals surface area contributed by atoms with Crippen molar-refractivity contribution in [1.82, 2.24) is 0 Å². The van der Waals surface area contributed by atoms with Gasteiger partial charge in [-0.15, -0.1) is 0 Å². The van der Waals surface area contributed by atoms with Crippen LogP contribution < -0.4 is 24.0 Å². The predicted octanol–water partition coefficient (Wildman–Crippen LogP) is 5.25. The molecule has 30 heavy (non-hydrogen) atoms. The summed E-state index contributed by atoms with van der Waals surface area (Å²) in [6.07, 6.45) is 26.9. The molecule has 0 bridgehead atoms. The fourth-order valence-electron chi connectivity index (χ4n) is 3.87. The summed E-state index contributed by atoms with van der Waals surface area (Å²) in [6, 6.07) is 11.0. The first-order valence-electron chi connectivity index (χ1n) is 12.0. The lowest BCUT2D eigenvalue weighted by Gasteiger charge is -2.34. The summed E-state index contributed by atoms with van der Waals surface area (Å²) in [4.78, 5) is 0. The number of hydrogen-bond donors (Lipinski definition) is 0. The van der Waals surface area contributed by atoms with Gasteiger partial charge in [0.25, 0.3) is 0 Å². The summed E-state index contributed by atoms with van der Waals surface area (Å²) in [7, 11) is 2.42. The van der Waals surface area contributed by atoms with E-state index in [1.165, 1.54) is 76.3 Å². The van der Waals surface area contributed by atoms with Gasteiger partial charge in [0.2, 0.25) is 0 Å². The Bertz CT molecular complexity index is 576. The maximum atomic E-state index is 2.42. The van der Waals surface area contributed by atoms with Crippen LogP contribution in [0, 0.1) is 0 Å². The van der Waals surface area contributed by atoms with Crippen LogP contribution in [0.3, 0.4) is 0 Å². The van der Waals surface area contributed by atoms with Crippen molar-refractivity contribution in [2.24, 2.45) is 0 Å². The zero-order valence-corrected chi connectivity index (χ0v) is 22.0. The van der Waals surface area contributed by atoms with E-state index in [9.17, 15) is 0 Å². The third kappa shape index (κ3) is 15.9. The van der Waals surface area contributed by atoms with Gasteiger partial charge >= 0.3 is 0 Å². The fraction of sp³-hybridized carbons (Fsp3) is 0.571. The zero-order valence-electron chi connectivity index (χ0n) is 19.9. The number of benzene rings is 1. The van der Waals surface area contributed by atoms with Crippen LogP contribution >= 0.6 is 0 Å². The highest BCUT2D eigenvalue weighted by molar-refractivity contribution is 5.14. The average molecular weight is 524 g/mol. The predicted molar refractivity (Wildman–Crippen MR) is 131 cm³/mol. The molecule has 0 aliphatic heterocycles. The smallest absolute Gasteiger partial charge is 0.104 e. The van der Waals surface area contributed by atoms with E-state index in [-0.39, 0.29) is 24.0 Å². The van der Waals surface area contributed by atoms with E-state index in [1.54, 1.807) is 0 Å².